The Bertz CT molecular complexity index is 618. The molecule has 1 aromatic carbocycles. The number of hydrogen-bond acceptors (Lipinski definition) is 4. The van der Waals surface area contributed by atoms with Crippen molar-refractivity contribution in [2.45, 2.75) is 13.0 Å². The normalized spacial score (nSPS) is 16.0. The summed E-state index contributed by atoms with van der Waals surface area (Å²) in [6, 6.07) is 7.99. The monoisotopic (exact) mass is 301 g/mol. The lowest BCUT2D eigenvalue weighted by molar-refractivity contribution is -0.121. The van der Waals surface area contributed by atoms with Crippen LogP contribution in [0.15, 0.2) is 30.6 Å². The molecule has 2 heterocycles. The van der Waals surface area contributed by atoms with E-state index in [1.54, 1.807) is 6.33 Å². The number of hydrogen-bond donors (Lipinski definition) is 2. The van der Waals surface area contributed by atoms with Gasteiger partial charge >= 0.3 is 0 Å². The molecule has 0 unspecified atom stereocenters. The number of amides is 1. The SMILES string of the molecule is O=C(CCn1cnc2ccccc21)NCCN1CCNCC1. The molecule has 1 amide bonds. The minimum Gasteiger partial charge on any atom is -0.355 e. The van der Waals surface area contributed by atoms with Crippen LogP contribution in [0.4, 0.5) is 0 Å². The number of carbonyl (C=O) groups excluding carboxylic acids is 1. The summed E-state index contributed by atoms with van der Waals surface area (Å²) in [4.78, 5) is 18.7. The Morgan fingerprint density at radius 2 is 2.05 bits per heavy atom. The molecule has 2 N–H and O–H groups in total. The van der Waals surface area contributed by atoms with Crippen LogP contribution in [0.25, 0.3) is 11.0 Å². The van der Waals surface area contributed by atoms with Crippen LogP contribution in [0.1, 0.15) is 6.42 Å². The Balaban J connectivity index is 1.40. The molecule has 0 saturated carbocycles. The van der Waals surface area contributed by atoms with E-state index in [-0.39, 0.29) is 5.91 Å². The molecule has 1 fully saturated rings. The summed E-state index contributed by atoms with van der Waals surface area (Å²) < 4.78 is 2.03. The maximum absolute atomic E-state index is 11.9. The van der Waals surface area contributed by atoms with Crippen LogP contribution >= 0.6 is 0 Å². The molecular weight excluding hydrogens is 278 g/mol. The van der Waals surface area contributed by atoms with Crippen molar-refractivity contribution in [3.63, 3.8) is 0 Å². The smallest absolute Gasteiger partial charge is 0.221 e. The summed E-state index contributed by atoms with van der Waals surface area (Å²) >= 11 is 0. The fourth-order valence-corrected chi connectivity index (χ4v) is 2.79. The number of rotatable bonds is 6. The zero-order chi connectivity index (χ0) is 15.2. The Labute approximate surface area is 130 Å². The number of aromatic nitrogens is 2. The maximum atomic E-state index is 11.9. The highest BCUT2D eigenvalue weighted by Crippen LogP contribution is 2.11. The van der Waals surface area contributed by atoms with Crippen molar-refractivity contribution in [3.8, 4) is 0 Å². The highest BCUT2D eigenvalue weighted by molar-refractivity contribution is 5.77. The first-order valence-corrected chi connectivity index (χ1v) is 7.92. The molecule has 2 aromatic rings. The molecule has 0 aliphatic carbocycles. The molecule has 6 nitrogen and oxygen atoms in total. The number of para-hydroxylation sites is 2. The van der Waals surface area contributed by atoms with Crippen molar-refractivity contribution in [2.75, 3.05) is 39.3 Å². The molecule has 0 bridgehead atoms. The predicted octanol–water partition coefficient (Wildman–Crippen LogP) is 0.448. The van der Waals surface area contributed by atoms with E-state index in [9.17, 15) is 4.79 Å². The zero-order valence-electron chi connectivity index (χ0n) is 12.8. The molecule has 1 aliphatic heterocycles. The molecule has 118 valence electrons. The second-order valence-corrected chi connectivity index (χ2v) is 5.62. The third kappa shape index (κ3) is 3.84. The van der Waals surface area contributed by atoms with Gasteiger partial charge in [0.1, 0.15) is 0 Å². The van der Waals surface area contributed by atoms with Crippen molar-refractivity contribution >= 4 is 16.9 Å². The van der Waals surface area contributed by atoms with Crippen molar-refractivity contribution in [3.05, 3.63) is 30.6 Å². The molecule has 0 radical (unpaired) electrons. The Kier molecular flexibility index (Phi) is 5.03. The van der Waals surface area contributed by atoms with Gasteiger partial charge < -0.3 is 15.2 Å². The molecule has 6 heteroatoms. The highest BCUT2D eigenvalue weighted by Gasteiger charge is 2.09. The first-order valence-electron chi connectivity index (χ1n) is 7.92. The zero-order valence-corrected chi connectivity index (χ0v) is 12.8. The number of fused-ring (bicyclic) bond motifs is 1. The van der Waals surface area contributed by atoms with E-state index < -0.39 is 0 Å². The van der Waals surface area contributed by atoms with Gasteiger partial charge in [-0.3, -0.25) is 9.69 Å². The maximum Gasteiger partial charge on any atom is 0.221 e. The third-order valence-corrected chi connectivity index (χ3v) is 4.07. The molecule has 0 atom stereocenters. The average Bonchev–Trinajstić information content (AvgIpc) is 2.97. The van der Waals surface area contributed by atoms with Gasteiger partial charge in [0.05, 0.1) is 17.4 Å². The van der Waals surface area contributed by atoms with Gasteiger partial charge in [-0.15, -0.1) is 0 Å². The highest BCUT2D eigenvalue weighted by atomic mass is 16.1. The van der Waals surface area contributed by atoms with Crippen LogP contribution in [0.5, 0.6) is 0 Å². The van der Waals surface area contributed by atoms with Crippen LogP contribution in [-0.4, -0.2) is 59.6 Å². The number of carbonyl (C=O) groups is 1. The van der Waals surface area contributed by atoms with Gasteiger partial charge in [-0.05, 0) is 12.1 Å². The summed E-state index contributed by atoms with van der Waals surface area (Å²) in [6.07, 6.45) is 2.29. The first kappa shape index (κ1) is 15.0. The minimum atomic E-state index is 0.105. The van der Waals surface area contributed by atoms with Crippen molar-refractivity contribution < 1.29 is 4.79 Å². The standard InChI is InChI=1S/C16H23N5O/c22-16(18-8-12-20-10-6-17-7-11-20)5-9-21-13-19-14-3-1-2-4-15(14)21/h1-4,13,17H,5-12H2,(H,18,22). The van der Waals surface area contributed by atoms with Gasteiger partial charge in [-0.1, -0.05) is 12.1 Å². The quantitative estimate of drug-likeness (QED) is 0.813. The number of imidazole rings is 1. The molecule has 1 saturated heterocycles. The fourth-order valence-electron chi connectivity index (χ4n) is 2.79. The van der Waals surface area contributed by atoms with Crippen LogP contribution in [0, 0.1) is 0 Å². The Morgan fingerprint density at radius 3 is 2.91 bits per heavy atom. The molecule has 1 aliphatic rings. The summed E-state index contributed by atoms with van der Waals surface area (Å²) in [7, 11) is 0. The van der Waals surface area contributed by atoms with Crippen LogP contribution in [0.2, 0.25) is 0 Å². The largest absolute Gasteiger partial charge is 0.355 e. The number of nitrogens with zero attached hydrogens (tertiary/aromatic N) is 3. The molecule has 1 aromatic heterocycles. The summed E-state index contributed by atoms with van der Waals surface area (Å²) in [5.41, 5.74) is 2.05. The van der Waals surface area contributed by atoms with Crippen LogP contribution < -0.4 is 10.6 Å². The molecule has 0 spiro atoms. The van der Waals surface area contributed by atoms with Crippen molar-refractivity contribution in [1.82, 2.24) is 25.1 Å². The molecule has 22 heavy (non-hydrogen) atoms. The summed E-state index contributed by atoms with van der Waals surface area (Å²) in [6.45, 7) is 6.54. The summed E-state index contributed by atoms with van der Waals surface area (Å²) in [5.74, 6) is 0.105. The molecule has 3 rings (SSSR count). The van der Waals surface area contributed by atoms with E-state index >= 15 is 0 Å². The van der Waals surface area contributed by atoms with E-state index in [4.69, 9.17) is 0 Å². The number of benzene rings is 1. The van der Waals surface area contributed by atoms with Gasteiger partial charge in [-0.2, -0.15) is 0 Å². The predicted molar refractivity (Wildman–Crippen MR) is 86.7 cm³/mol. The number of aryl methyl sites for hydroxylation is 1. The second kappa shape index (κ2) is 7.38. The third-order valence-electron chi connectivity index (χ3n) is 4.07. The summed E-state index contributed by atoms with van der Waals surface area (Å²) in [5, 5.41) is 6.33. The minimum absolute atomic E-state index is 0.105. The Morgan fingerprint density at radius 1 is 1.23 bits per heavy atom. The first-order chi connectivity index (χ1) is 10.8. The van der Waals surface area contributed by atoms with Crippen molar-refractivity contribution in [2.24, 2.45) is 0 Å². The van der Waals surface area contributed by atoms with Gasteiger partial charge in [0, 0.05) is 52.2 Å². The lowest BCUT2D eigenvalue weighted by Crippen LogP contribution is -2.46. The van der Waals surface area contributed by atoms with Crippen molar-refractivity contribution in [1.29, 1.82) is 0 Å². The Hall–Kier alpha value is -1.92. The van der Waals surface area contributed by atoms with Gasteiger partial charge in [0.15, 0.2) is 0 Å². The topological polar surface area (TPSA) is 62.2 Å². The van der Waals surface area contributed by atoms with Gasteiger partial charge in [0.25, 0.3) is 0 Å². The number of nitrogens with one attached hydrogen (secondary N) is 2. The lowest BCUT2D eigenvalue weighted by Gasteiger charge is -2.27. The van der Waals surface area contributed by atoms with Crippen LogP contribution in [-0.2, 0) is 11.3 Å². The average molecular weight is 301 g/mol. The van der Waals surface area contributed by atoms with E-state index in [0.29, 0.717) is 13.0 Å². The van der Waals surface area contributed by atoms with E-state index in [0.717, 1.165) is 50.3 Å². The van der Waals surface area contributed by atoms with E-state index in [2.05, 4.69) is 20.5 Å². The van der Waals surface area contributed by atoms with Crippen LogP contribution in [0.3, 0.4) is 0 Å². The fraction of sp³-hybridized carbons (Fsp3) is 0.500. The van der Waals surface area contributed by atoms with E-state index in [1.165, 1.54) is 0 Å². The second-order valence-electron chi connectivity index (χ2n) is 5.62. The molecular formula is C16H23N5O. The number of piperazine rings is 1. The van der Waals surface area contributed by atoms with Gasteiger partial charge in [0.2, 0.25) is 5.91 Å². The lowest BCUT2D eigenvalue weighted by atomic mass is 10.3. The van der Waals surface area contributed by atoms with E-state index in [1.807, 2.05) is 28.8 Å². The van der Waals surface area contributed by atoms with Gasteiger partial charge in [-0.25, -0.2) is 4.98 Å².